The quantitative estimate of drug-likeness (QED) is 0.896. The van der Waals surface area contributed by atoms with E-state index in [2.05, 4.69) is 21.2 Å². The Morgan fingerprint density at radius 1 is 1.17 bits per heavy atom. The molecule has 0 aromatic heterocycles. The van der Waals surface area contributed by atoms with Crippen LogP contribution >= 0.6 is 15.9 Å². The van der Waals surface area contributed by atoms with Gasteiger partial charge in [-0.25, -0.2) is 8.78 Å². The first kappa shape index (κ1) is 12.8. The predicted octanol–water partition coefficient (Wildman–Crippen LogP) is 4.05. The first-order valence-corrected chi connectivity index (χ1v) is 6.02. The fourth-order valence-electron chi connectivity index (χ4n) is 1.53. The highest BCUT2D eigenvalue weighted by Crippen LogP contribution is 2.24. The molecule has 0 saturated carbocycles. The molecular formula is C13H10BrF2NO. The van der Waals surface area contributed by atoms with Crippen molar-refractivity contribution in [1.82, 2.24) is 0 Å². The molecule has 0 fully saturated rings. The monoisotopic (exact) mass is 313 g/mol. The summed E-state index contributed by atoms with van der Waals surface area (Å²) in [5.74, 6) is -1.73. The van der Waals surface area contributed by atoms with Gasteiger partial charge in [0.2, 0.25) is 0 Å². The number of benzene rings is 2. The first-order valence-electron chi connectivity index (χ1n) is 5.23. The minimum absolute atomic E-state index is 0.0642. The number of halogens is 3. The lowest BCUT2D eigenvalue weighted by molar-refractivity contribution is 0.469. The molecule has 0 unspecified atom stereocenters. The van der Waals surface area contributed by atoms with Crippen LogP contribution in [0.5, 0.6) is 5.75 Å². The topological polar surface area (TPSA) is 32.3 Å². The van der Waals surface area contributed by atoms with Gasteiger partial charge in [0.15, 0.2) is 11.6 Å². The molecule has 94 valence electrons. The van der Waals surface area contributed by atoms with Crippen LogP contribution in [0.2, 0.25) is 0 Å². The molecular weight excluding hydrogens is 304 g/mol. The molecule has 2 aromatic rings. The predicted molar refractivity (Wildman–Crippen MR) is 69.5 cm³/mol. The van der Waals surface area contributed by atoms with Crippen LogP contribution < -0.4 is 5.32 Å². The fraction of sp³-hybridized carbons (Fsp3) is 0.0769. The molecule has 18 heavy (non-hydrogen) atoms. The van der Waals surface area contributed by atoms with Gasteiger partial charge in [0, 0.05) is 16.6 Å². The van der Waals surface area contributed by atoms with Crippen LogP contribution in [-0.4, -0.2) is 5.11 Å². The molecule has 0 atom stereocenters. The van der Waals surface area contributed by atoms with Crippen molar-refractivity contribution in [3.8, 4) is 5.75 Å². The van der Waals surface area contributed by atoms with Crippen molar-refractivity contribution in [2.75, 3.05) is 5.32 Å². The standard InChI is InChI=1S/C13H10BrF2NO/c14-9-4-5-12(18)8(6-9)7-17-11-3-1-2-10(15)13(11)16/h1-6,17-18H,7H2. The summed E-state index contributed by atoms with van der Waals surface area (Å²) in [6, 6.07) is 8.84. The molecule has 5 heteroatoms. The van der Waals surface area contributed by atoms with Crippen LogP contribution in [0.15, 0.2) is 40.9 Å². The molecule has 0 aliphatic carbocycles. The summed E-state index contributed by atoms with van der Waals surface area (Å²) >= 11 is 3.28. The van der Waals surface area contributed by atoms with Crippen LogP contribution in [0.25, 0.3) is 0 Å². The van der Waals surface area contributed by atoms with Crippen LogP contribution in [0, 0.1) is 11.6 Å². The third-order valence-electron chi connectivity index (χ3n) is 2.46. The molecule has 0 saturated heterocycles. The number of nitrogens with one attached hydrogen (secondary N) is 1. The summed E-state index contributed by atoms with van der Waals surface area (Å²) in [5, 5.41) is 12.4. The lowest BCUT2D eigenvalue weighted by Gasteiger charge is -2.09. The Labute approximate surface area is 111 Å². The van der Waals surface area contributed by atoms with E-state index >= 15 is 0 Å². The summed E-state index contributed by atoms with van der Waals surface area (Å²) in [6.07, 6.45) is 0. The fourth-order valence-corrected chi connectivity index (χ4v) is 1.93. The molecule has 0 aliphatic rings. The Hall–Kier alpha value is -1.62. The summed E-state index contributed by atoms with van der Waals surface area (Å²) in [6.45, 7) is 0.200. The van der Waals surface area contributed by atoms with Crippen LogP contribution in [0.4, 0.5) is 14.5 Å². The third-order valence-corrected chi connectivity index (χ3v) is 2.96. The third kappa shape index (κ3) is 2.79. The van der Waals surface area contributed by atoms with E-state index in [1.54, 1.807) is 12.1 Å². The van der Waals surface area contributed by atoms with Gasteiger partial charge in [-0.3, -0.25) is 0 Å². The zero-order chi connectivity index (χ0) is 13.1. The zero-order valence-electron chi connectivity index (χ0n) is 9.25. The second kappa shape index (κ2) is 5.35. The Kier molecular flexibility index (Phi) is 3.81. The number of phenolic OH excluding ortho intramolecular Hbond substituents is 1. The van der Waals surface area contributed by atoms with Gasteiger partial charge in [-0.05, 0) is 30.3 Å². The normalized spacial score (nSPS) is 10.4. The number of hydrogen-bond donors (Lipinski definition) is 2. The van der Waals surface area contributed by atoms with Crippen LogP contribution in [-0.2, 0) is 6.54 Å². The minimum Gasteiger partial charge on any atom is -0.508 e. The summed E-state index contributed by atoms with van der Waals surface area (Å²) in [4.78, 5) is 0. The summed E-state index contributed by atoms with van der Waals surface area (Å²) < 4.78 is 27.2. The van der Waals surface area contributed by atoms with E-state index < -0.39 is 11.6 Å². The Morgan fingerprint density at radius 3 is 2.72 bits per heavy atom. The molecule has 0 aliphatic heterocycles. The Balaban J connectivity index is 2.16. The second-order valence-corrected chi connectivity index (χ2v) is 4.64. The molecule has 2 N–H and O–H groups in total. The average Bonchev–Trinajstić information content (AvgIpc) is 2.35. The van der Waals surface area contributed by atoms with E-state index in [4.69, 9.17) is 0 Å². The first-order chi connectivity index (χ1) is 8.58. The van der Waals surface area contributed by atoms with E-state index in [1.165, 1.54) is 18.2 Å². The lowest BCUT2D eigenvalue weighted by atomic mass is 10.2. The molecule has 0 heterocycles. The van der Waals surface area contributed by atoms with E-state index in [0.717, 1.165) is 10.5 Å². The Morgan fingerprint density at radius 2 is 1.94 bits per heavy atom. The maximum Gasteiger partial charge on any atom is 0.181 e. The smallest absolute Gasteiger partial charge is 0.181 e. The van der Waals surface area contributed by atoms with Crippen LogP contribution in [0.1, 0.15) is 5.56 Å². The summed E-state index contributed by atoms with van der Waals surface area (Å²) in [5.41, 5.74) is 0.655. The molecule has 2 nitrogen and oxygen atoms in total. The van der Waals surface area contributed by atoms with E-state index in [9.17, 15) is 13.9 Å². The van der Waals surface area contributed by atoms with Crippen LogP contribution in [0.3, 0.4) is 0 Å². The van der Waals surface area contributed by atoms with Crippen molar-refractivity contribution >= 4 is 21.6 Å². The van der Waals surface area contributed by atoms with Gasteiger partial charge in [-0.2, -0.15) is 0 Å². The number of aromatic hydroxyl groups is 1. The van der Waals surface area contributed by atoms with Crippen molar-refractivity contribution < 1.29 is 13.9 Å². The maximum atomic E-state index is 13.4. The highest BCUT2D eigenvalue weighted by atomic mass is 79.9. The van der Waals surface area contributed by atoms with Gasteiger partial charge in [-0.15, -0.1) is 0 Å². The molecule has 0 radical (unpaired) electrons. The number of anilines is 1. The van der Waals surface area contributed by atoms with E-state index in [1.807, 2.05) is 0 Å². The lowest BCUT2D eigenvalue weighted by Crippen LogP contribution is -2.02. The molecule has 2 aromatic carbocycles. The Bertz CT molecular complexity index is 573. The number of phenols is 1. The molecule has 0 spiro atoms. The van der Waals surface area contributed by atoms with E-state index in [0.29, 0.717) is 5.56 Å². The zero-order valence-corrected chi connectivity index (χ0v) is 10.8. The molecule has 2 rings (SSSR count). The average molecular weight is 314 g/mol. The largest absolute Gasteiger partial charge is 0.508 e. The van der Waals surface area contributed by atoms with Gasteiger partial charge < -0.3 is 10.4 Å². The van der Waals surface area contributed by atoms with Crippen molar-refractivity contribution in [2.45, 2.75) is 6.54 Å². The van der Waals surface area contributed by atoms with Crippen molar-refractivity contribution in [3.05, 3.63) is 58.1 Å². The SMILES string of the molecule is Oc1ccc(Br)cc1CNc1cccc(F)c1F. The second-order valence-electron chi connectivity index (χ2n) is 3.73. The molecule has 0 amide bonds. The van der Waals surface area contributed by atoms with Gasteiger partial charge in [0.25, 0.3) is 0 Å². The van der Waals surface area contributed by atoms with Crippen molar-refractivity contribution in [3.63, 3.8) is 0 Å². The summed E-state index contributed by atoms with van der Waals surface area (Å²) in [7, 11) is 0. The molecule has 0 bridgehead atoms. The number of hydrogen-bond acceptors (Lipinski definition) is 2. The van der Waals surface area contributed by atoms with Gasteiger partial charge >= 0.3 is 0 Å². The number of rotatable bonds is 3. The van der Waals surface area contributed by atoms with Crippen molar-refractivity contribution in [1.29, 1.82) is 0 Å². The van der Waals surface area contributed by atoms with Gasteiger partial charge in [0.05, 0.1) is 5.69 Å². The minimum atomic E-state index is -0.924. The highest BCUT2D eigenvalue weighted by Gasteiger charge is 2.08. The van der Waals surface area contributed by atoms with Gasteiger partial charge in [-0.1, -0.05) is 22.0 Å². The van der Waals surface area contributed by atoms with E-state index in [-0.39, 0.29) is 18.0 Å². The highest BCUT2D eigenvalue weighted by molar-refractivity contribution is 9.10. The van der Waals surface area contributed by atoms with Crippen molar-refractivity contribution in [2.24, 2.45) is 0 Å². The maximum absolute atomic E-state index is 13.4. The van der Waals surface area contributed by atoms with Gasteiger partial charge in [0.1, 0.15) is 5.75 Å².